The normalized spacial score (nSPS) is 14.9. The predicted molar refractivity (Wildman–Crippen MR) is 114 cm³/mol. The van der Waals surface area contributed by atoms with Gasteiger partial charge in [-0.05, 0) is 24.3 Å². The van der Waals surface area contributed by atoms with E-state index in [1.165, 1.54) is 10.4 Å². The minimum atomic E-state index is -0.105. The molecule has 29 heavy (non-hydrogen) atoms. The molecule has 0 atom stereocenters. The molecule has 0 amide bonds. The van der Waals surface area contributed by atoms with E-state index >= 15 is 0 Å². The van der Waals surface area contributed by atoms with Gasteiger partial charge >= 0.3 is 0 Å². The minimum Gasteiger partial charge on any atom is -0.493 e. The Morgan fingerprint density at radius 3 is 2.31 bits per heavy atom. The van der Waals surface area contributed by atoms with Crippen molar-refractivity contribution in [2.24, 2.45) is 0 Å². The molecule has 3 aromatic rings. The summed E-state index contributed by atoms with van der Waals surface area (Å²) < 4.78 is 12.2. The molecule has 4 rings (SSSR count). The van der Waals surface area contributed by atoms with Crippen molar-refractivity contribution >= 4 is 16.5 Å². The molecule has 0 saturated carbocycles. The van der Waals surface area contributed by atoms with E-state index in [1.807, 2.05) is 6.07 Å². The van der Waals surface area contributed by atoms with Gasteiger partial charge < -0.3 is 14.4 Å². The zero-order valence-corrected chi connectivity index (χ0v) is 16.9. The topological polar surface area (TPSA) is 59.8 Å². The number of hydrogen-bond donors (Lipinski definition) is 0. The highest BCUT2D eigenvalue weighted by molar-refractivity contribution is 5.84. The van der Waals surface area contributed by atoms with Crippen molar-refractivity contribution in [1.29, 1.82) is 0 Å². The maximum Gasteiger partial charge on any atom is 0.274 e. The molecule has 1 aliphatic rings. The summed E-state index contributed by atoms with van der Waals surface area (Å²) in [5.74, 6) is 1.14. The first-order valence-electron chi connectivity index (χ1n) is 9.84. The van der Waals surface area contributed by atoms with Gasteiger partial charge in [-0.1, -0.05) is 18.2 Å². The summed E-state index contributed by atoms with van der Waals surface area (Å²) in [4.78, 5) is 17.7. The van der Waals surface area contributed by atoms with Crippen LogP contribution in [0.1, 0.15) is 0 Å². The fourth-order valence-corrected chi connectivity index (χ4v) is 3.77. The molecule has 1 fully saturated rings. The van der Waals surface area contributed by atoms with Gasteiger partial charge in [0.2, 0.25) is 0 Å². The van der Waals surface area contributed by atoms with Crippen LogP contribution < -0.4 is 19.9 Å². The molecule has 0 unspecified atom stereocenters. The van der Waals surface area contributed by atoms with Crippen molar-refractivity contribution in [3.05, 3.63) is 59.0 Å². The lowest BCUT2D eigenvalue weighted by atomic mass is 10.2. The van der Waals surface area contributed by atoms with E-state index in [4.69, 9.17) is 9.47 Å². The van der Waals surface area contributed by atoms with Crippen LogP contribution in [0.2, 0.25) is 0 Å². The highest BCUT2D eigenvalue weighted by Crippen LogP contribution is 2.30. The van der Waals surface area contributed by atoms with E-state index < -0.39 is 0 Å². The summed E-state index contributed by atoms with van der Waals surface area (Å²) in [7, 11) is 3.15. The fraction of sp³-hybridized carbons (Fsp3) is 0.364. The Hall–Kier alpha value is -3.06. The van der Waals surface area contributed by atoms with E-state index in [0.29, 0.717) is 23.4 Å². The Labute approximate surface area is 170 Å². The zero-order chi connectivity index (χ0) is 20.2. The first kappa shape index (κ1) is 19.3. The molecule has 1 aliphatic heterocycles. The number of para-hydroxylation sites is 1. The second-order valence-electron chi connectivity index (χ2n) is 7.13. The van der Waals surface area contributed by atoms with Gasteiger partial charge in [-0.2, -0.15) is 5.10 Å². The third-order valence-corrected chi connectivity index (χ3v) is 5.48. The molecule has 1 saturated heterocycles. The van der Waals surface area contributed by atoms with Crippen molar-refractivity contribution in [3.63, 3.8) is 0 Å². The van der Waals surface area contributed by atoms with Gasteiger partial charge in [0.1, 0.15) is 0 Å². The Morgan fingerprint density at radius 2 is 1.62 bits per heavy atom. The van der Waals surface area contributed by atoms with Gasteiger partial charge in [0.15, 0.2) is 11.5 Å². The molecule has 7 nitrogen and oxygen atoms in total. The number of rotatable bonds is 6. The standard InChI is InChI=1S/C22H26N4O3/c1-28-20-14-17-16-23-26(22(27)19(17)15-21(20)29-2)13-10-24-8-11-25(12-9-24)18-6-4-3-5-7-18/h3-7,14-16H,8-13H2,1-2H3. The number of methoxy groups -OCH3 is 2. The molecule has 0 radical (unpaired) electrons. The van der Waals surface area contributed by atoms with Crippen molar-refractivity contribution in [3.8, 4) is 11.5 Å². The van der Waals surface area contributed by atoms with E-state index in [9.17, 15) is 4.79 Å². The van der Waals surface area contributed by atoms with Gasteiger partial charge in [0.25, 0.3) is 5.56 Å². The van der Waals surface area contributed by atoms with Crippen molar-refractivity contribution in [1.82, 2.24) is 14.7 Å². The Kier molecular flexibility index (Phi) is 5.67. The van der Waals surface area contributed by atoms with Crippen molar-refractivity contribution in [2.75, 3.05) is 51.8 Å². The molecule has 7 heteroatoms. The van der Waals surface area contributed by atoms with Crippen molar-refractivity contribution < 1.29 is 9.47 Å². The van der Waals surface area contributed by atoms with Crippen molar-refractivity contribution in [2.45, 2.75) is 6.54 Å². The van der Waals surface area contributed by atoms with Crippen LogP contribution in [-0.4, -0.2) is 61.6 Å². The Bertz CT molecular complexity index is 1030. The fourth-order valence-electron chi connectivity index (χ4n) is 3.77. The summed E-state index contributed by atoms with van der Waals surface area (Å²) in [6.45, 7) is 5.29. The lowest BCUT2D eigenvalue weighted by Gasteiger charge is -2.36. The number of aromatic nitrogens is 2. The van der Waals surface area contributed by atoms with Crippen LogP contribution in [0.15, 0.2) is 53.5 Å². The molecular weight excluding hydrogens is 368 g/mol. The number of fused-ring (bicyclic) bond motifs is 1. The first-order valence-corrected chi connectivity index (χ1v) is 9.84. The summed E-state index contributed by atoms with van der Waals surface area (Å²) >= 11 is 0. The first-order chi connectivity index (χ1) is 14.2. The van der Waals surface area contributed by atoms with Gasteiger partial charge in [0, 0.05) is 43.8 Å². The summed E-state index contributed by atoms with van der Waals surface area (Å²) in [5, 5.41) is 5.69. The minimum absolute atomic E-state index is 0.105. The van der Waals surface area contributed by atoms with Crippen LogP contribution >= 0.6 is 0 Å². The van der Waals surface area contributed by atoms with E-state index in [2.05, 4.69) is 39.2 Å². The second kappa shape index (κ2) is 8.53. The summed E-state index contributed by atoms with van der Waals surface area (Å²) in [5.41, 5.74) is 1.16. The van der Waals surface area contributed by atoms with Gasteiger partial charge in [0.05, 0.1) is 32.3 Å². The van der Waals surface area contributed by atoms with E-state index in [-0.39, 0.29) is 5.56 Å². The quantitative estimate of drug-likeness (QED) is 0.639. The van der Waals surface area contributed by atoms with Gasteiger partial charge in [-0.3, -0.25) is 9.69 Å². The second-order valence-corrected chi connectivity index (χ2v) is 7.13. The largest absolute Gasteiger partial charge is 0.493 e. The zero-order valence-electron chi connectivity index (χ0n) is 16.9. The lowest BCUT2D eigenvalue weighted by Crippen LogP contribution is -2.47. The number of piperazine rings is 1. The molecule has 0 N–H and O–H groups in total. The number of anilines is 1. The maximum absolute atomic E-state index is 12.9. The summed E-state index contributed by atoms with van der Waals surface area (Å²) in [6.07, 6.45) is 1.71. The third kappa shape index (κ3) is 4.05. The molecule has 1 aromatic heterocycles. The molecule has 0 aliphatic carbocycles. The molecular formula is C22H26N4O3. The molecule has 0 bridgehead atoms. The van der Waals surface area contributed by atoms with Gasteiger partial charge in [-0.25, -0.2) is 4.68 Å². The average molecular weight is 394 g/mol. The molecule has 152 valence electrons. The molecule has 0 spiro atoms. The van der Waals surface area contributed by atoms with E-state index in [1.54, 1.807) is 32.5 Å². The Morgan fingerprint density at radius 1 is 0.931 bits per heavy atom. The highest BCUT2D eigenvalue weighted by Gasteiger charge is 2.17. The maximum atomic E-state index is 12.9. The van der Waals surface area contributed by atoms with Crippen LogP contribution in [0.25, 0.3) is 10.8 Å². The monoisotopic (exact) mass is 394 g/mol. The number of ether oxygens (including phenoxy) is 2. The van der Waals surface area contributed by atoms with Crippen LogP contribution in [0.3, 0.4) is 0 Å². The van der Waals surface area contributed by atoms with Gasteiger partial charge in [-0.15, -0.1) is 0 Å². The molecule has 2 aromatic carbocycles. The van der Waals surface area contributed by atoms with Crippen LogP contribution in [0.5, 0.6) is 11.5 Å². The van der Waals surface area contributed by atoms with Crippen LogP contribution in [-0.2, 0) is 6.54 Å². The predicted octanol–water partition coefficient (Wildman–Crippen LogP) is 2.24. The average Bonchev–Trinajstić information content (AvgIpc) is 2.79. The summed E-state index contributed by atoms with van der Waals surface area (Å²) in [6, 6.07) is 14.0. The number of hydrogen-bond acceptors (Lipinski definition) is 6. The Balaban J connectivity index is 1.42. The third-order valence-electron chi connectivity index (χ3n) is 5.48. The number of nitrogens with zero attached hydrogens (tertiary/aromatic N) is 4. The SMILES string of the molecule is COc1cc2cnn(CCN3CCN(c4ccccc4)CC3)c(=O)c2cc1OC. The number of benzene rings is 2. The van der Waals surface area contributed by atoms with Crippen LogP contribution in [0.4, 0.5) is 5.69 Å². The van der Waals surface area contributed by atoms with E-state index in [0.717, 1.165) is 38.1 Å². The lowest BCUT2D eigenvalue weighted by molar-refractivity contribution is 0.243. The van der Waals surface area contributed by atoms with Crippen LogP contribution in [0, 0.1) is 0 Å². The smallest absolute Gasteiger partial charge is 0.274 e. The highest BCUT2D eigenvalue weighted by atomic mass is 16.5. The molecule has 2 heterocycles.